The van der Waals surface area contributed by atoms with Crippen LogP contribution in [-0.2, 0) is 11.3 Å². The van der Waals surface area contributed by atoms with Gasteiger partial charge in [-0.1, -0.05) is 37.3 Å². The van der Waals surface area contributed by atoms with E-state index in [1.54, 1.807) is 11.3 Å². The lowest BCUT2D eigenvalue weighted by molar-refractivity contribution is -0.120. The minimum Gasteiger partial charge on any atom is -0.350 e. The molecule has 0 unspecified atom stereocenters. The Balaban J connectivity index is 2.04. The predicted octanol–water partition coefficient (Wildman–Crippen LogP) is 2.84. The van der Waals surface area contributed by atoms with E-state index < -0.39 is 0 Å². The number of hydrogen-bond acceptors (Lipinski definition) is 3. The molecule has 0 fully saturated rings. The Morgan fingerprint density at radius 1 is 1.35 bits per heavy atom. The molecule has 1 N–H and O–H groups in total. The minimum absolute atomic E-state index is 0.0549. The molecule has 0 spiro atoms. The Morgan fingerprint density at radius 2 is 2.12 bits per heavy atom. The second-order valence-corrected chi connectivity index (χ2v) is 4.50. The fraction of sp³-hybridized carbons (Fsp3) is 0.231. The molecule has 1 heterocycles. The van der Waals surface area contributed by atoms with Gasteiger partial charge in [0.1, 0.15) is 5.01 Å². The molecule has 88 valence electrons. The number of benzene rings is 1. The van der Waals surface area contributed by atoms with Gasteiger partial charge in [-0.05, 0) is 0 Å². The highest BCUT2D eigenvalue weighted by Gasteiger charge is 2.04. The maximum atomic E-state index is 11.1. The van der Waals surface area contributed by atoms with Crippen LogP contribution < -0.4 is 5.32 Å². The summed E-state index contributed by atoms with van der Waals surface area (Å²) in [5, 5.41) is 5.80. The fourth-order valence-electron chi connectivity index (χ4n) is 1.42. The van der Waals surface area contributed by atoms with Crippen molar-refractivity contribution in [1.29, 1.82) is 0 Å². The molecule has 0 aliphatic heterocycles. The van der Waals surface area contributed by atoms with Gasteiger partial charge in [0.05, 0.1) is 12.2 Å². The van der Waals surface area contributed by atoms with Crippen molar-refractivity contribution in [2.45, 2.75) is 19.9 Å². The van der Waals surface area contributed by atoms with Gasteiger partial charge < -0.3 is 5.32 Å². The molecule has 17 heavy (non-hydrogen) atoms. The van der Waals surface area contributed by atoms with Crippen LogP contribution in [0.5, 0.6) is 0 Å². The van der Waals surface area contributed by atoms with Crippen molar-refractivity contribution in [1.82, 2.24) is 10.3 Å². The van der Waals surface area contributed by atoms with Crippen molar-refractivity contribution in [3.05, 3.63) is 41.4 Å². The number of nitrogens with zero attached hydrogens (tertiary/aromatic N) is 1. The van der Waals surface area contributed by atoms with Crippen LogP contribution in [0.2, 0.25) is 0 Å². The molecule has 0 atom stereocenters. The summed E-state index contributed by atoms with van der Waals surface area (Å²) in [4.78, 5) is 15.6. The van der Waals surface area contributed by atoms with Crippen molar-refractivity contribution in [2.75, 3.05) is 0 Å². The number of rotatable bonds is 4. The van der Waals surface area contributed by atoms with E-state index in [-0.39, 0.29) is 5.91 Å². The zero-order valence-electron chi connectivity index (χ0n) is 9.64. The molecule has 3 nitrogen and oxygen atoms in total. The third-order valence-electron chi connectivity index (χ3n) is 2.36. The standard InChI is InChI=1S/C13H14N2OS/c1-2-12(16)14-8-11-9-17-13(15-11)10-6-4-3-5-7-10/h3-7,9H,2,8H2,1H3,(H,14,16). The summed E-state index contributed by atoms with van der Waals surface area (Å²) in [5.74, 6) is 0.0549. The van der Waals surface area contributed by atoms with E-state index >= 15 is 0 Å². The highest BCUT2D eigenvalue weighted by Crippen LogP contribution is 2.22. The molecule has 4 heteroatoms. The Bertz CT molecular complexity index is 493. The zero-order chi connectivity index (χ0) is 12.1. The summed E-state index contributed by atoms with van der Waals surface area (Å²) in [5.41, 5.74) is 2.03. The van der Waals surface area contributed by atoms with Gasteiger partial charge in [-0.3, -0.25) is 4.79 Å². The molecule has 0 saturated heterocycles. The van der Waals surface area contributed by atoms with Crippen LogP contribution in [0.15, 0.2) is 35.7 Å². The van der Waals surface area contributed by atoms with Gasteiger partial charge >= 0.3 is 0 Å². The Kier molecular flexibility index (Phi) is 3.88. The lowest BCUT2D eigenvalue weighted by Gasteiger charge is -1.99. The largest absolute Gasteiger partial charge is 0.350 e. The first kappa shape index (κ1) is 11.8. The van der Waals surface area contributed by atoms with Crippen LogP contribution in [0.25, 0.3) is 10.6 Å². The molecule has 2 rings (SSSR count). The number of hydrogen-bond donors (Lipinski definition) is 1. The number of nitrogens with one attached hydrogen (secondary N) is 1. The molecule has 0 saturated carbocycles. The minimum atomic E-state index is 0.0549. The smallest absolute Gasteiger partial charge is 0.220 e. The zero-order valence-corrected chi connectivity index (χ0v) is 10.5. The fourth-order valence-corrected chi connectivity index (χ4v) is 2.24. The van der Waals surface area contributed by atoms with Crippen LogP contribution in [0.1, 0.15) is 19.0 Å². The quantitative estimate of drug-likeness (QED) is 0.901. The molecule has 0 aliphatic rings. The maximum Gasteiger partial charge on any atom is 0.220 e. The van der Waals surface area contributed by atoms with Crippen LogP contribution in [0.3, 0.4) is 0 Å². The van der Waals surface area contributed by atoms with Gasteiger partial charge in [0, 0.05) is 17.4 Å². The monoisotopic (exact) mass is 246 g/mol. The van der Waals surface area contributed by atoms with Gasteiger partial charge in [-0.2, -0.15) is 0 Å². The first-order valence-electron chi connectivity index (χ1n) is 5.56. The molecule has 1 aromatic carbocycles. The molecular formula is C13H14N2OS. The average molecular weight is 246 g/mol. The van der Waals surface area contributed by atoms with Gasteiger partial charge in [-0.15, -0.1) is 11.3 Å². The van der Waals surface area contributed by atoms with Crippen LogP contribution in [-0.4, -0.2) is 10.9 Å². The molecule has 1 aromatic heterocycles. The molecule has 2 aromatic rings. The summed E-state index contributed by atoms with van der Waals surface area (Å²) < 4.78 is 0. The third-order valence-corrected chi connectivity index (χ3v) is 3.30. The number of carbonyl (C=O) groups excluding carboxylic acids is 1. The maximum absolute atomic E-state index is 11.1. The second-order valence-electron chi connectivity index (χ2n) is 3.64. The van der Waals surface area contributed by atoms with Gasteiger partial charge in [0.25, 0.3) is 0 Å². The summed E-state index contributed by atoms with van der Waals surface area (Å²) in [6.45, 7) is 2.35. The van der Waals surface area contributed by atoms with Gasteiger partial charge in [0.15, 0.2) is 0 Å². The molecule has 0 radical (unpaired) electrons. The number of thiazole rings is 1. The first-order chi connectivity index (χ1) is 8.29. The van der Waals surface area contributed by atoms with E-state index in [1.807, 2.05) is 42.6 Å². The predicted molar refractivity (Wildman–Crippen MR) is 69.7 cm³/mol. The van der Waals surface area contributed by atoms with Gasteiger partial charge in [0.2, 0.25) is 5.91 Å². The highest BCUT2D eigenvalue weighted by atomic mass is 32.1. The first-order valence-corrected chi connectivity index (χ1v) is 6.44. The van der Waals surface area contributed by atoms with E-state index in [9.17, 15) is 4.79 Å². The lowest BCUT2D eigenvalue weighted by Crippen LogP contribution is -2.21. The van der Waals surface area contributed by atoms with Crippen molar-refractivity contribution in [3.63, 3.8) is 0 Å². The molecular weight excluding hydrogens is 232 g/mol. The molecule has 1 amide bonds. The van der Waals surface area contributed by atoms with Crippen molar-refractivity contribution in [3.8, 4) is 10.6 Å². The summed E-state index contributed by atoms with van der Waals surface area (Å²) in [7, 11) is 0. The Hall–Kier alpha value is -1.68. The van der Waals surface area contributed by atoms with Gasteiger partial charge in [-0.25, -0.2) is 4.98 Å². The third kappa shape index (κ3) is 3.14. The van der Waals surface area contributed by atoms with E-state index in [0.29, 0.717) is 13.0 Å². The summed E-state index contributed by atoms with van der Waals surface area (Å²) >= 11 is 1.60. The van der Waals surface area contributed by atoms with E-state index in [0.717, 1.165) is 16.3 Å². The number of amides is 1. The number of carbonyl (C=O) groups is 1. The Labute approximate surface area is 105 Å². The van der Waals surface area contributed by atoms with Crippen LogP contribution in [0.4, 0.5) is 0 Å². The van der Waals surface area contributed by atoms with Crippen molar-refractivity contribution >= 4 is 17.2 Å². The van der Waals surface area contributed by atoms with E-state index in [2.05, 4.69) is 10.3 Å². The summed E-state index contributed by atoms with van der Waals surface area (Å²) in [6.07, 6.45) is 0.510. The Morgan fingerprint density at radius 3 is 2.82 bits per heavy atom. The van der Waals surface area contributed by atoms with Crippen molar-refractivity contribution < 1.29 is 4.79 Å². The highest BCUT2D eigenvalue weighted by molar-refractivity contribution is 7.13. The molecule has 0 aliphatic carbocycles. The normalized spacial score (nSPS) is 10.2. The number of aromatic nitrogens is 1. The van der Waals surface area contributed by atoms with E-state index in [4.69, 9.17) is 0 Å². The van der Waals surface area contributed by atoms with Crippen LogP contribution in [0, 0.1) is 0 Å². The second kappa shape index (κ2) is 5.59. The lowest BCUT2D eigenvalue weighted by atomic mass is 10.2. The topological polar surface area (TPSA) is 42.0 Å². The molecule has 0 bridgehead atoms. The van der Waals surface area contributed by atoms with E-state index in [1.165, 1.54) is 0 Å². The summed E-state index contributed by atoms with van der Waals surface area (Å²) in [6, 6.07) is 10.0. The van der Waals surface area contributed by atoms with Crippen molar-refractivity contribution in [2.24, 2.45) is 0 Å². The SMILES string of the molecule is CCC(=O)NCc1csc(-c2ccccc2)n1. The average Bonchev–Trinajstić information content (AvgIpc) is 2.86. The van der Waals surface area contributed by atoms with Crippen LogP contribution >= 0.6 is 11.3 Å².